The van der Waals surface area contributed by atoms with Crippen molar-refractivity contribution in [3.8, 4) is 67.5 Å². The van der Waals surface area contributed by atoms with Crippen LogP contribution < -0.4 is 0 Å². The van der Waals surface area contributed by atoms with E-state index in [9.17, 15) is 5.11 Å². The van der Waals surface area contributed by atoms with E-state index >= 15 is 0 Å². The Morgan fingerprint density at radius 2 is 1.41 bits per heavy atom. The van der Waals surface area contributed by atoms with Crippen LogP contribution in [0.1, 0.15) is 62.3 Å². The maximum atomic E-state index is 11.6. The summed E-state index contributed by atoms with van der Waals surface area (Å²) in [7, 11) is 0. The molecular weight excluding hydrogens is 659 g/mol. The number of phenols is 1. The lowest BCUT2D eigenvalue weighted by Crippen LogP contribution is -2.11. The number of pyridine rings is 1. The molecule has 1 N–H and O–H groups in total. The summed E-state index contributed by atoms with van der Waals surface area (Å²) >= 11 is 0. The maximum absolute atomic E-state index is 11.6. The van der Waals surface area contributed by atoms with Crippen LogP contribution in [0.5, 0.6) is 5.75 Å². The summed E-state index contributed by atoms with van der Waals surface area (Å²) in [6.07, 6.45) is 1.52. The Kier molecular flexibility index (Phi) is 6.28. The molecule has 4 heteroatoms. The van der Waals surface area contributed by atoms with E-state index < -0.39 is 43.4 Å². The van der Waals surface area contributed by atoms with Gasteiger partial charge in [-0.3, -0.25) is 9.55 Å². The molecule has 0 amide bonds. The Bertz CT molecular complexity index is 3120. The summed E-state index contributed by atoms with van der Waals surface area (Å²) in [6, 6.07) is 31.6. The first-order valence-corrected chi connectivity index (χ1v) is 17.8. The van der Waals surface area contributed by atoms with E-state index in [-0.39, 0.29) is 22.3 Å². The highest BCUT2D eigenvalue weighted by Crippen LogP contribution is 2.42. The number of rotatable bonds is 6. The van der Waals surface area contributed by atoms with Crippen LogP contribution in [-0.4, -0.2) is 19.6 Å². The van der Waals surface area contributed by atoms with Gasteiger partial charge in [0.25, 0.3) is 0 Å². The van der Waals surface area contributed by atoms with Crippen LogP contribution >= 0.6 is 0 Å². The summed E-state index contributed by atoms with van der Waals surface area (Å²) in [5, 5.41) is 11.6. The molecule has 0 radical (unpaired) electrons. The van der Waals surface area contributed by atoms with Crippen molar-refractivity contribution < 1.29 is 18.8 Å². The minimum absolute atomic E-state index is 0.0258. The zero-order chi connectivity index (χ0) is 46.2. The van der Waals surface area contributed by atoms with E-state index in [4.69, 9.17) is 23.7 Å². The normalized spacial score (nSPS) is 14.8. The van der Waals surface area contributed by atoms with Crippen molar-refractivity contribution in [2.45, 2.75) is 53.7 Å². The first-order valence-electron chi connectivity index (χ1n) is 22.8. The number of benzene rings is 6. The summed E-state index contributed by atoms with van der Waals surface area (Å²) < 4.78 is 86.2. The minimum Gasteiger partial charge on any atom is -0.507 e. The zero-order valence-electron chi connectivity index (χ0n) is 40.8. The number of para-hydroxylation sites is 1. The molecule has 8 aromatic rings. The predicted octanol–water partition coefficient (Wildman–Crippen LogP) is 13.0. The molecule has 266 valence electrons. The molecule has 0 aliphatic rings. The minimum atomic E-state index is -2.84. The van der Waals surface area contributed by atoms with E-state index in [1.165, 1.54) is 6.20 Å². The Hall–Kier alpha value is -6.26. The lowest BCUT2D eigenvalue weighted by Gasteiger charge is -2.22. The molecule has 2 heterocycles. The lowest BCUT2D eigenvalue weighted by atomic mass is 9.83. The SMILES string of the molecule is [2H]c1c([2H])c(C([2H])([2H])[2H])c([2H])c([2H])c1-c1ccnc(-c2cc(-c3cccc4c3nc(-c3cc(C)cc(C)c3O)n4-c3ccc(-c4ccccc4)cc3C([2H])([2H])[2H])cc(C(C)(C)C)c2)c1. The molecule has 0 atom stereocenters. The third-order valence-electron chi connectivity index (χ3n) is 9.79. The van der Waals surface area contributed by atoms with Gasteiger partial charge in [-0.2, -0.15) is 0 Å². The smallest absolute Gasteiger partial charge is 0.149 e. The molecule has 2 aromatic heterocycles. The van der Waals surface area contributed by atoms with Crippen LogP contribution in [0.25, 0.3) is 72.7 Å². The highest BCUT2D eigenvalue weighted by molar-refractivity contribution is 5.97. The second kappa shape index (κ2) is 13.6. The molecule has 0 bridgehead atoms. The van der Waals surface area contributed by atoms with Gasteiger partial charge in [0.2, 0.25) is 0 Å². The standard InChI is InChI=1S/C50H45N3O/c1-31-16-18-36(19-17-31)38-22-23-51-44(30-38)40-27-39(28-41(29-40)50(5,6)7)42-14-11-15-46-47(42)52-49(43-25-32(2)24-34(4)48(43)54)53(46)45-21-20-37(26-33(45)3)35-12-9-8-10-13-35/h8-30,54H,1-7H3/i1D3,3D3,16D,17D,18D,19D. The van der Waals surface area contributed by atoms with Crippen LogP contribution in [0.2, 0.25) is 0 Å². The van der Waals surface area contributed by atoms with E-state index in [0.717, 1.165) is 33.4 Å². The fourth-order valence-corrected chi connectivity index (χ4v) is 6.99. The van der Waals surface area contributed by atoms with Crippen LogP contribution in [-0.2, 0) is 5.41 Å². The van der Waals surface area contributed by atoms with Gasteiger partial charge in [0.05, 0.1) is 33.5 Å². The molecular formula is C50H45N3O. The Morgan fingerprint density at radius 1 is 0.630 bits per heavy atom. The number of phenolic OH excluding ortho intramolecular Hbond substituents is 1. The van der Waals surface area contributed by atoms with E-state index in [1.807, 2.05) is 97.3 Å². The van der Waals surface area contributed by atoms with Crippen molar-refractivity contribution >= 4 is 11.0 Å². The number of hydrogen-bond acceptors (Lipinski definition) is 3. The van der Waals surface area contributed by atoms with E-state index in [0.29, 0.717) is 50.5 Å². The largest absolute Gasteiger partial charge is 0.507 e. The Balaban J connectivity index is 1.38. The fourth-order valence-electron chi connectivity index (χ4n) is 6.99. The van der Waals surface area contributed by atoms with Crippen molar-refractivity contribution in [3.05, 3.63) is 167 Å². The van der Waals surface area contributed by atoms with Crippen molar-refractivity contribution in [1.29, 1.82) is 0 Å². The second-order valence-electron chi connectivity index (χ2n) is 14.7. The number of fused-ring (bicyclic) bond motifs is 1. The third-order valence-corrected chi connectivity index (χ3v) is 9.79. The third kappa shape index (κ3) is 6.49. The average Bonchev–Trinajstić information content (AvgIpc) is 3.63. The number of nitrogens with zero attached hydrogens (tertiary/aromatic N) is 3. The molecule has 54 heavy (non-hydrogen) atoms. The Morgan fingerprint density at radius 3 is 2.17 bits per heavy atom. The van der Waals surface area contributed by atoms with Crippen LogP contribution in [0.15, 0.2) is 140 Å². The maximum Gasteiger partial charge on any atom is 0.149 e. The van der Waals surface area contributed by atoms with Crippen molar-refractivity contribution in [1.82, 2.24) is 14.5 Å². The van der Waals surface area contributed by atoms with Gasteiger partial charge in [-0.15, -0.1) is 0 Å². The van der Waals surface area contributed by atoms with E-state index in [2.05, 4.69) is 26.8 Å². The lowest BCUT2D eigenvalue weighted by molar-refractivity contribution is 0.472. The molecule has 0 saturated carbocycles. The zero-order valence-corrected chi connectivity index (χ0v) is 30.8. The molecule has 0 saturated heterocycles. The van der Waals surface area contributed by atoms with Crippen molar-refractivity contribution in [2.24, 2.45) is 0 Å². The average molecular weight is 714 g/mol. The van der Waals surface area contributed by atoms with Crippen LogP contribution in [0.4, 0.5) is 0 Å². The molecule has 4 nitrogen and oxygen atoms in total. The van der Waals surface area contributed by atoms with Gasteiger partial charge in [-0.25, -0.2) is 4.98 Å². The molecule has 0 aliphatic carbocycles. The highest BCUT2D eigenvalue weighted by Gasteiger charge is 2.23. The molecule has 0 spiro atoms. The number of hydrogen-bond donors (Lipinski definition) is 1. The monoisotopic (exact) mass is 713 g/mol. The van der Waals surface area contributed by atoms with Crippen LogP contribution in [0, 0.1) is 27.6 Å². The quantitative estimate of drug-likeness (QED) is 0.187. The summed E-state index contributed by atoms with van der Waals surface area (Å²) in [6.45, 7) is 4.63. The molecule has 6 aromatic carbocycles. The van der Waals surface area contributed by atoms with Gasteiger partial charge in [0, 0.05) is 25.5 Å². The fraction of sp³-hybridized carbons (Fsp3) is 0.160. The molecule has 8 rings (SSSR count). The Labute approximate surface area is 332 Å². The summed E-state index contributed by atoms with van der Waals surface area (Å²) in [4.78, 5) is 9.97. The first-order chi connectivity index (χ1) is 30.0. The highest BCUT2D eigenvalue weighted by atomic mass is 16.3. The molecule has 0 aliphatic heterocycles. The first kappa shape index (κ1) is 24.9. The number of imidazole rings is 1. The van der Waals surface area contributed by atoms with E-state index in [1.54, 1.807) is 24.3 Å². The van der Waals surface area contributed by atoms with Crippen LogP contribution in [0.3, 0.4) is 0 Å². The van der Waals surface area contributed by atoms with Gasteiger partial charge in [-0.05, 0) is 132 Å². The predicted molar refractivity (Wildman–Crippen MR) is 225 cm³/mol. The summed E-state index contributed by atoms with van der Waals surface area (Å²) in [5.41, 5.74) is 8.14. The van der Waals surface area contributed by atoms with Gasteiger partial charge in [-0.1, -0.05) is 111 Å². The van der Waals surface area contributed by atoms with Gasteiger partial charge in [0.15, 0.2) is 0 Å². The van der Waals surface area contributed by atoms with Gasteiger partial charge >= 0.3 is 0 Å². The van der Waals surface area contributed by atoms with Crippen molar-refractivity contribution in [3.63, 3.8) is 0 Å². The number of aromatic nitrogens is 3. The molecule has 0 unspecified atom stereocenters. The van der Waals surface area contributed by atoms with Gasteiger partial charge < -0.3 is 5.11 Å². The number of aromatic hydroxyl groups is 1. The van der Waals surface area contributed by atoms with Gasteiger partial charge in [0.1, 0.15) is 11.6 Å². The second-order valence-corrected chi connectivity index (χ2v) is 14.7. The molecule has 0 fully saturated rings. The summed E-state index contributed by atoms with van der Waals surface area (Å²) in [5.74, 6) is 0.383. The van der Waals surface area contributed by atoms with Crippen molar-refractivity contribution in [2.75, 3.05) is 0 Å². The topological polar surface area (TPSA) is 50.9 Å². The number of aryl methyl sites for hydroxylation is 3.